The van der Waals surface area contributed by atoms with Crippen LogP contribution >= 0.6 is 10.6 Å². The molecule has 7 N–H and O–H groups in total. The van der Waals surface area contributed by atoms with Crippen LogP contribution in [0.25, 0.3) is 0 Å². The molecule has 21 heteroatoms. The van der Waals surface area contributed by atoms with Crippen LogP contribution in [0, 0.1) is 5.92 Å². The summed E-state index contributed by atoms with van der Waals surface area (Å²) in [5.41, 5.74) is 2.20. The first-order chi connectivity index (χ1) is 25.6. The molecule has 0 spiro atoms. The lowest BCUT2D eigenvalue weighted by atomic mass is 9.84. The Balaban J connectivity index is 1.49. The predicted octanol–water partition coefficient (Wildman–Crippen LogP) is 1.87. The van der Waals surface area contributed by atoms with Crippen LogP contribution in [0.15, 0.2) is 35.4 Å². The fourth-order valence-corrected chi connectivity index (χ4v) is 9.90. The maximum atomic E-state index is 14.7. The Morgan fingerprint density at radius 2 is 1.67 bits per heavy atom. The number of nitrogens with two attached hydrogens (primary N) is 1. The highest BCUT2D eigenvalue weighted by Crippen LogP contribution is 2.47. The largest absolute Gasteiger partial charge is 0.384 e. The molecule has 17 nitrogen and oxygen atoms in total. The van der Waals surface area contributed by atoms with Crippen molar-refractivity contribution in [2.24, 2.45) is 11.7 Å². The van der Waals surface area contributed by atoms with E-state index in [0.717, 1.165) is 56.4 Å². The second kappa shape index (κ2) is 16.2. The number of likely N-dealkylation sites (tertiary alicyclic amines) is 1. The number of sulfone groups is 1. The maximum Gasteiger partial charge on any atom is 0.341 e. The van der Waals surface area contributed by atoms with E-state index in [2.05, 4.69) is 20.9 Å². The maximum absolute atomic E-state index is 14.7. The zero-order valence-corrected chi connectivity index (χ0v) is 32.0. The van der Waals surface area contributed by atoms with Gasteiger partial charge < -0.3 is 26.4 Å². The molecular formula is C34H47F2N7O10S2. The fraction of sp³-hybridized carbons (Fsp3) is 0.618. The molecule has 4 amide bonds. The number of alkyl halides is 2. The number of carbonyl (C=O) groups excluding carboxylic acids is 5. The fourth-order valence-electron chi connectivity index (χ4n) is 7.62. The summed E-state index contributed by atoms with van der Waals surface area (Å²) in [5.74, 6) is -9.08. The zero-order valence-electron chi connectivity index (χ0n) is 30.4. The number of amides is 4. The van der Waals surface area contributed by atoms with Crippen LogP contribution in [0.2, 0.25) is 0 Å². The third-order valence-corrected chi connectivity index (χ3v) is 13.8. The summed E-state index contributed by atoms with van der Waals surface area (Å²) in [6.07, 6.45) is 5.08. The number of halogens is 2. The standard InChI is InChI=1S/C34H47F2N7O10S2/c1-33(2,49)26-18-38-41-43(26)22-17-25(30(47)40-34(27(44)28(37)45)12-14-54(50,51)15-13-34)42(19-22)31(48)24(16-20-6-4-3-5-7-20)39-29(46)21-8-10-23(11-9-21)55(52,53)32(35)36/h8-11,18,20,22,24-25,32,49-51H,3-7,12-17,19H2,1-2H3,(H2,37,45)(H,39,46)(H,40,47)/t22-,24?,25-/m0/s1. The van der Waals surface area contributed by atoms with Crippen molar-refractivity contribution in [1.29, 1.82) is 0 Å². The molecule has 1 unspecified atom stereocenters. The van der Waals surface area contributed by atoms with E-state index in [9.17, 15) is 55.4 Å². The number of rotatable bonds is 13. The molecule has 5 rings (SSSR count). The van der Waals surface area contributed by atoms with Crippen LogP contribution in [-0.4, -0.2) is 113 Å². The number of aromatic nitrogens is 3. The van der Waals surface area contributed by atoms with Gasteiger partial charge in [0.15, 0.2) is 0 Å². The number of ketones is 1. The molecule has 3 aliphatic rings. The van der Waals surface area contributed by atoms with Crippen LogP contribution in [0.5, 0.6) is 0 Å². The Morgan fingerprint density at radius 1 is 1.05 bits per heavy atom. The Bertz CT molecular complexity index is 1890. The summed E-state index contributed by atoms with van der Waals surface area (Å²) >= 11 is 0. The molecule has 2 saturated heterocycles. The first kappa shape index (κ1) is 42.1. The molecule has 2 aromatic rings. The highest BCUT2D eigenvalue weighted by molar-refractivity contribution is 8.24. The number of benzene rings is 1. The van der Waals surface area contributed by atoms with Gasteiger partial charge in [-0.2, -0.15) is 19.4 Å². The van der Waals surface area contributed by atoms with Gasteiger partial charge in [0.25, 0.3) is 11.8 Å². The predicted molar refractivity (Wildman–Crippen MR) is 193 cm³/mol. The summed E-state index contributed by atoms with van der Waals surface area (Å²) in [6, 6.07) is 0.513. The van der Waals surface area contributed by atoms with Crippen molar-refractivity contribution in [3.8, 4) is 0 Å². The van der Waals surface area contributed by atoms with Crippen LogP contribution in [0.3, 0.4) is 0 Å². The SMILES string of the molecule is CC(C)(O)c1cnnn1[C@H]1C[C@@H](C(=O)NC2(C(=O)C(N)=O)CCS(O)(O)CC2)N(C(=O)C(CC2CCCCC2)NC(=O)c2ccc(S(=O)(=O)C(F)F)cc2)C1. The number of aliphatic hydroxyl groups is 1. The molecule has 1 aromatic carbocycles. The number of hydrogen-bond acceptors (Lipinski definition) is 12. The minimum Gasteiger partial charge on any atom is -0.384 e. The van der Waals surface area contributed by atoms with E-state index in [4.69, 9.17) is 5.73 Å². The molecule has 3 heterocycles. The lowest BCUT2D eigenvalue weighted by Crippen LogP contribution is -2.64. The first-order valence-electron chi connectivity index (χ1n) is 17.9. The van der Waals surface area contributed by atoms with Gasteiger partial charge in [-0.3, -0.25) is 33.1 Å². The van der Waals surface area contributed by atoms with Crippen molar-refractivity contribution >= 4 is 49.8 Å². The smallest absolute Gasteiger partial charge is 0.341 e. The van der Waals surface area contributed by atoms with Gasteiger partial charge in [0.1, 0.15) is 23.2 Å². The minimum absolute atomic E-state index is 0.00256. The average molecular weight is 816 g/mol. The van der Waals surface area contributed by atoms with E-state index in [0.29, 0.717) is 0 Å². The molecule has 1 saturated carbocycles. The van der Waals surface area contributed by atoms with Crippen LogP contribution in [0.1, 0.15) is 93.7 Å². The molecule has 0 bridgehead atoms. The van der Waals surface area contributed by atoms with Crippen LogP contribution in [-0.2, 0) is 34.6 Å². The molecule has 304 valence electrons. The molecule has 3 atom stereocenters. The highest BCUT2D eigenvalue weighted by Gasteiger charge is 2.51. The number of nitrogens with zero attached hydrogens (tertiary/aromatic N) is 4. The number of carbonyl (C=O) groups is 5. The van der Waals surface area contributed by atoms with E-state index in [1.807, 2.05) is 0 Å². The quantitative estimate of drug-likeness (QED) is 0.158. The third-order valence-electron chi connectivity index (χ3n) is 10.7. The lowest BCUT2D eigenvalue weighted by molar-refractivity contribution is -0.145. The Labute approximate surface area is 318 Å². The van der Waals surface area contributed by atoms with Gasteiger partial charge in [-0.05, 0) is 63.3 Å². The zero-order chi connectivity index (χ0) is 40.5. The highest BCUT2D eigenvalue weighted by atomic mass is 32.3. The number of nitrogens with one attached hydrogen (secondary N) is 2. The van der Waals surface area contributed by atoms with Gasteiger partial charge in [0.2, 0.25) is 27.4 Å². The topological polar surface area (TPSA) is 264 Å². The van der Waals surface area contributed by atoms with Gasteiger partial charge >= 0.3 is 5.76 Å². The Morgan fingerprint density at radius 3 is 2.24 bits per heavy atom. The molecule has 55 heavy (non-hydrogen) atoms. The van der Waals surface area contributed by atoms with Gasteiger partial charge in [-0.25, -0.2) is 13.1 Å². The number of hydrogen-bond donors (Lipinski definition) is 6. The van der Waals surface area contributed by atoms with E-state index >= 15 is 0 Å². The molecular weight excluding hydrogens is 769 g/mol. The summed E-state index contributed by atoms with van der Waals surface area (Å²) < 4.78 is 72.0. The lowest BCUT2D eigenvalue weighted by Gasteiger charge is -2.45. The van der Waals surface area contributed by atoms with Crippen molar-refractivity contribution in [3.63, 3.8) is 0 Å². The average Bonchev–Trinajstić information content (AvgIpc) is 3.81. The first-order valence-corrected chi connectivity index (χ1v) is 21.3. The molecule has 3 fully saturated rings. The number of primary amides is 1. The molecule has 2 aliphatic heterocycles. The second-order valence-corrected chi connectivity index (χ2v) is 19.4. The van der Waals surface area contributed by atoms with Crippen LogP contribution < -0.4 is 16.4 Å². The third kappa shape index (κ3) is 9.33. The molecule has 0 radical (unpaired) electrons. The summed E-state index contributed by atoms with van der Waals surface area (Å²) in [4.78, 5) is 68.6. The van der Waals surface area contributed by atoms with Crippen molar-refractivity contribution in [1.82, 2.24) is 30.5 Å². The minimum atomic E-state index is -4.93. The monoisotopic (exact) mass is 815 g/mol. The normalized spacial score (nSPS) is 22.8. The van der Waals surface area contributed by atoms with Gasteiger partial charge in [-0.1, -0.05) is 37.3 Å². The van der Waals surface area contributed by atoms with Crippen molar-refractivity contribution < 1.29 is 55.4 Å². The summed E-state index contributed by atoms with van der Waals surface area (Å²) in [6.45, 7) is 2.84. The van der Waals surface area contributed by atoms with Gasteiger partial charge in [-0.15, -0.1) is 5.10 Å². The second-order valence-electron chi connectivity index (χ2n) is 15.1. The Hall–Kier alpha value is -4.05. The summed E-state index contributed by atoms with van der Waals surface area (Å²) in [7, 11) is -8.02. The molecule has 1 aromatic heterocycles. The van der Waals surface area contributed by atoms with Gasteiger partial charge in [0.05, 0.1) is 22.8 Å². The van der Waals surface area contributed by atoms with E-state index in [1.54, 1.807) is 0 Å². The van der Waals surface area contributed by atoms with Crippen molar-refractivity contribution in [2.75, 3.05) is 18.1 Å². The Kier molecular flexibility index (Phi) is 12.4. The van der Waals surface area contributed by atoms with Crippen molar-refractivity contribution in [3.05, 3.63) is 41.7 Å². The number of Topliss-reactive ketones (excluding diaryl/α,β-unsaturated/α-hetero) is 1. The van der Waals surface area contributed by atoms with Crippen molar-refractivity contribution in [2.45, 2.75) is 112 Å². The van der Waals surface area contributed by atoms with E-state index in [1.165, 1.54) is 29.6 Å². The summed E-state index contributed by atoms with van der Waals surface area (Å²) in [5, 5.41) is 24.2. The molecule has 1 aliphatic carbocycles. The van der Waals surface area contributed by atoms with E-state index < -0.39 is 89.8 Å². The van der Waals surface area contributed by atoms with Gasteiger partial charge in [0, 0.05) is 30.0 Å². The van der Waals surface area contributed by atoms with E-state index in [-0.39, 0.29) is 60.9 Å². The van der Waals surface area contributed by atoms with Crippen LogP contribution in [0.4, 0.5) is 8.78 Å².